The maximum absolute atomic E-state index is 11.3. The molecule has 0 aliphatic rings. The van der Waals surface area contributed by atoms with E-state index in [0.29, 0.717) is 23.0 Å². The summed E-state index contributed by atoms with van der Waals surface area (Å²) in [6, 6.07) is 0. The van der Waals surface area contributed by atoms with Gasteiger partial charge in [0.1, 0.15) is 4.60 Å². The zero-order chi connectivity index (χ0) is 10.7. The minimum absolute atomic E-state index is 0.0841. The van der Waals surface area contributed by atoms with Gasteiger partial charge in [-0.1, -0.05) is 0 Å². The van der Waals surface area contributed by atoms with E-state index in [-0.39, 0.29) is 12.0 Å². The van der Waals surface area contributed by atoms with Crippen LogP contribution in [0.3, 0.4) is 0 Å². The van der Waals surface area contributed by atoms with Crippen LogP contribution in [0.1, 0.15) is 18.4 Å². The number of aromatic nitrogens is 2. The molecule has 0 saturated carbocycles. The molecular formula is C8H11BrN2O3. The average Bonchev–Trinajstić information content (AvgIpc) is 2.31. The topological polar surface area (TPSA) is 75.1 Å². The van der Waals surface area contributed by atoms with Crippen LogP contribution in [-0.2, 0) is 18.3 Å². The normalized spacial score (nSPS) is 10.4. The number of H-pyrrole nitrogens is 1. The summed E-state index contributed by atoms with van der Waals surface area (Å²) < 4.78 is 2.26. The molecule has 0 unspecified atom stereocenters. The number of aryl methyl sites for hydroxylation is 1. The molecule has 14 heavy (non-hydrogen) atoms. The summed E-state index contributed by atoms with van der Waals surface area (Å²) in [5.74, 6) is -0.839. The summed E-state index contributed by atoms with van der Waals surface area (Å²) in [5.41, 5.74) is 0.443. The maximum Gasteiger partial charge on any atom is 0.303 e. The van der Waals surface area contributed by atoms with Gasteiger partial charge in [0.15, 0.2) is 0 Å². The monoisotopic (exact) mass is 262 g/mol. The van der Waals surface area contributed by atoms with Crippen molar-refractivity contribution in [1.82, 2.24) is 9.78 Å². The molecule has 0 saturated heterocycles. The van der Waals surface area contributed by atoms with Crippen LogP contribution in [0.4, 0.5) is 0 Å². The quantitative estimate of drug-likeness (QED) is 0.846. The van der Waals surface area contributed by atoms with Crippen LogP contribution in [0.5, 0.6) is 0 Å². The second-order valence-electron chi connectivity index (χ2n) is 3.02. The van der Waals surface area contributed by atoms with Crippen LogP contribution in [0, 0.1) is 0 Å². The molecule has 78 valence electrons. The van der Waals surface area contributed by atoms with Crippen LogP contribution < -0.4 is 5.56 Å². The Balaban J connectivity index is 2.67. The zero-order valence-corrected chi connectivity index (χ0v) is 9.30. The van der Waals surface area contributed by atoms with Gasteiger partial charge < -0.3 is 5.11 Å². The van der Waals surface area contributed by atoms with Crippen LogP contribution in [-0.4, -0.2) is 20.9 Å². The molecule has 0 amide bonds. The van der Waals surface area contributed by atoms with Crippen LogP contribution in [0.2, 0.25) is 0 Å². The van der Waals surface area contributed by atoms with E-state index in [1.807, 2.05) is 0 Å². The molecule has 1 rings (SSSR count). The summed E-state index contributed by atoms with van der Waals surface area (Å²) in [6.45, 7) is 0. The standard InChI is InChI=1S/C8H11BrN2O3/c1-11-7(9)5(8(14)10-11)3-2-4-6(12)13/h2-4H2,1H3,(H,10,14)(H,12,13). The lowest BCUT2D eigenvalue weighted by molar-refractivity contribution is -0.137. The summed E-state index contributed by atoms with van der Waals surface area (Å²) in [5, 5.41) is 11.0. The fourth-order valence-electron chi connectivity index (χ4n) is 1.20. The van der Waals surface area contributed by atoms with E-state index >= 15 is 0 Å². The molecule has 0 bridgehead atoms. The summed E-state index contributed by atoms with van der Waals surface area (Å²) in [7, 11) is 1.71. The Morgan fingerprint density at radius 3 is 2.71 bits per heavy atom. The second-order valence-corrected chi connectivity index (χ2v) is 3.77. The van der Waals surface area contributed by atoms with Crippen molar-refractivity contribution in [3.05, 3.63) is 20.5 Å². The van der Waals surface area contributed by atoms with Crippen molar-refractivity contribution >= 4 is 21.9 Å². The summed E-state index contributed by atoms with van der Waals surface area (Å²) in [6.07, 6.45) is 1.03. The van der Waals surface area contributed by atoms with E-state index < -0.39 is 5.97 Å². The van der Waals surface area contributed by atoms with Gasteiger partial charge in [-0.25, -0.2) is 0 Å². The van der Waals surface area contributed by atoms with Crippen molar-refractivity contribution in [2.75, 3.05) is 0 Å². The van der Waals surface area contributed by atoms with E-state index in [4.69, 9.17) is 5.11 Å². The molecule has 0 spiro atoms. The Morgan fingerprint density at radius 1 is 1.64 bits per heavy atom. The van der Waals surface area contributed by atoms with E-state index in [2.05, 4.69) is 21.0 Å². The molecule has 1 aromatic heterocycles. The van der Waals surface area contributed by atoms with Crippen molar-refractivity contribution in [3.63, 3.8) is 0 Å². The van der Waals surface area contributed by atoms with E-state index in [1.54, 1.807) is 11.7 Å². The largest absolute Gasteiger partial charge is 0.481 e. The Bertz CT molecular complexity index is 394. The summed E-state index contributed by atoms with van der Waals surface area (Å²) >= 11 is 3.25. The van der Waals surface area contributed by atoms with Gasteiger partial charge >= 0.3 is 5.97 Å². The predicted octanol–water partition coefficient (Wildman–Crippen LogP) is 0.883. The Hall–Kier alpha value is -1.04. The second kappa shape index (κ2) is 4.45. The number of nitrogens with zero attached hydrogens (tertiary/aromatic N) is 1. The maximum atomic E-state index is 11.3. The van der Waals surface area contributed by atoms with Gasteiger partial charge in [0.2, 0.25) is 0 Å². The molecule has 1 heterocycles. The first kappa shape index (κ1) is 11.0. The molecule has 0 aliphatic carbocycles. The predicted molar refractivity (Wildman–Crippen MR) is 54.3 cm³/mol. The van der Waals surface area contributed by atoms with E-state index in [0.717, 1.165) is 0 Å². The molecule has 0 radical (unpaired) electrons. The molecule has 0 aromatic carbocycles. The van der Waals surface area contributed by atoms with Crippen LogP contribution >= 0.6 is 15.9 Å². The number of rotatable bonds is 4. The lowest BCUT2D eigenvalue weighted by Gasteiger charge is -1.96. The van der Waals surface area contributed by atoms with Gasteiger partial charge in [-0.05, 0) is 28.8 Å². The molecule has 6 heteroatoms. The van der Waals surface area contributed by atoms with E-state index in [1.165, 1.54) is 0 Å². The number of carboxylic acids is 1. The minimum Gasteiger partial charge on any atom is -0.481 e. The van der Waals surface area contributed by atoms with Crippen LogP contribution in [0.15, 0.2) is 9.40 Å². The zero-order valence-electron chi connectivity index (χ0n) is 7.71. The fraction of sp³-hybridized carbons (Fsp3) is 0.500. The van der Waals surface area contributed by atoms with Crippen LogP contribution in [0.25, 0.3) is 0 Å². The number of hydrogen-bond acceptors (Lipinski definition) is 2. The van der Waals surface area contributed by atoms with Gasteiger partial charge in [-0.15, -0.1) is 0 Å². The smallest absolute Gasteiger partial charge is 0.303 e. The number of aliphatic carboxylic acids is 1. The van der Waals surface area contributed by atoms with Gasteiger partial charge in [0, 0.05) is 13.5 Å². The SMILES string of the molecule is Cn1[nH]c(=O)c(CCCC(=O)O)c1Br. The van der Waals surface area contributed by atoms with Crippen molar-refractivity contribution in [2.24, 2.45) is 7.05 Å². The van der Waals surface area contributed by atoms with Gasteiger partial charge in [0.25, 0.3) is 5.56 Å². The molecule has 5 nitrogen and oxygen atoms in total. The Morgan fingerprint density at radius 2 is 2.29 bits per heavy atom. The molecule has 0 fully saturated rings. The number of nitrogens with one attached hydrogen (secondary N) is 1. The Kier molecular flexibility index (Phi) is 3.51. The third-order valence-corrected chi connectivity index (χ3v) is 2.91. The van der Waals surface area contributed by atoms with Gasteiger partial charge in [-0.2, -0.15) is 0 Å². The highest BCUT2D eigenvalue weighted by Crippen LogP contribution is 2.13. The third kappa shape index (κ3) is 2.47. The van der Waals surface area contributed by atoms with Crippen molar-refractivity contribution in [3.8, 4) is 0 Å². The Labute approximate surface area is 88.8 Å². The molecule has 0 aliphatic heterocycles. The minimum atomic E-state index is -0.839. The lowest BCUT2D eigenvalue weighted by Crippen LogP contribution is -2.07. The summed E-state index contributed by atoms with van der Waals surface area (Å²) in [4.78, 5) is 21.5. The number of carboxylic acid groups (broad SMARTS) is 1. The van der Waals surface area contributed by atoms with Gasteiger partial charge in [0.05, 0.1) is 5.56 Å². The number of aromatic amines is 1. The molecule has 0 atom stereocenters. The highest BCUT2D eigenvalue weighted by molar-refractivity contribution is 9.10. The number of carbonyl (C=O) groups is 1. The van der Waals surface area contributed by atoms with Crippen molar-refractivity contribution in [2.45, 2.75) is 19.3 Å². The lowest BCUT2D eigenvalue weighted by atomic mass is 10.1. The first-order valence-electron chi connectivity index (χ1n) is 4.17. The first-order chi connectivity index (χ1) is 6.52. The molecular weight excluding hydrogens is 252 g/mol. The van der Waals surface area contributed by atoms with Gasteiger partial charge in [-0.3, -0.25) is 19.4 Å². The van der Waals surface area contributed by atoms with Crippen molar-refractivity contribution < 1.29 is 9.90 Å². The first-order valence-corrected chi connectivity index (χ1v) is 4.97. The fourth-order valence-corrected chi connectivity index (χ4v) is 1.67. The molecule has 2 N–H and O–H groups in total. The average molecular weight is 263 g/mol. The number of hydrogen-bond donors (Lipinski definition) is 2. The van der Waals surface area contributed by atoms with Crippen molar-refractivity contribution in [1.29, 1.82) is 0 Å². The van der Waals surface area contributed by atoms with E-state index in [9.17, 15) is 9.59 Å². The highest BCUT2D eigenvalue weighted by Gasteiger charge is 2.10. The third-order valence-electron chi connectivity index (χ3n) is 1.90. The number of halogens is 1. The molecule has 1 aromatic rings. The highest BCUT2D eigenvalue weighted by atomic mass is 79.9.